The highest BCUT2D eigenvalue weighted by Crippen LogP contribution is 2.37. The van der Waals surface area contributed by atoms with E-state index < -0.39 is 0 Å². The van der Waals surface area contributed by atoms with Crippen LogP contribution < -0.4 is 5.73 Å². The van der Waals surface area contributed by atoms with Crippen molar-refractivity contribution < 1.29 is 0 Å². The zero-order valence-electron chi connectivity index (χ0n) is 12.7. The van der Waals surface area contributed by atoms with Crippen molar-refractivity contribution >= 4 is 11.3 Å². The molecule has 19 heavy (non-hydrogen) atoms. The molecule has 2 unspecified atom stereocenters. The van der Waals surface area contributed by atoms with Gasteiger partial charge in [0.25, 0.3) is 0 Å². The monoisotopic (exact) mass is 280 g/mol. The van der Waals surface area contributed by atoms with Gasteiger partial charge in [-0.25, -0.2) is 0 Å². The van der Waals surface area contributed by atoms with E-state index in [1.807, 2.05) is 11.3 Å². The fourth-order valence-electron chi connectivity index (χ4n) is 3.27. The van der Waals surface area contributed by atoms with Crippen LogP contribution in [-0.4, -0.2) is 24.0 Å². The zero-order valence-corrected chi connectivity index (χ0v) is 13.5. The Bertz CT molecular complexity index is 370. The average molecular weight is 280 g/mol. The Morgan fingerprint density at radius 3 is 2.37 bits per heavy atom. The minimum absolute atomic E-state index is 0.199. The number of rotatable bonds is 3. The van der Waals surface area contributed by atoms with E-state index in [2.05, 4.69) is 50.1 Å². The Kier molecular flexibility index (Phi) is 4.70. The lowest BCUT2D eigenvalue weighted by Crippen LogP contribution is -2.45. The maximum Gasteiger partial charge on any atom is 0.0590 e. The summed E-state index contributed by atoms with van der Waals surface area (Å²) >= 11 is 1.84. The maximum absolute atomic E-state index is 6.24. The van der Waals surface area contributed by atoms with Crippen molar-refractivity contribution in [1.82, 2.24) is 4.90 Å². The maximum atomic E-state index is 6.24. The number of hydrogen-bond donors (Lipinski definition) is 1. The van der Waals surface area contributed by atoms with Crippen LogP contribution in [0, 0.1) is 11.3 Å². The van der Waals surface area contributed by atoms with E-state index in [0.717, 1.165) is 5.92 Å². The Morgan fingerprint density at radius 2 is 1.95 bits per heavy atom. The average Bonchev–Trinajstić information content (AvgIpc) is 2.82. The first-order valence-electron chi connectivity index (χ1n) is 7.42. The summed E-state index contributed by atoms with van der Waals surface area (Å²) in [5, 5.41) is 2.16. The van der Waals surface area contributed by atoms with Crippen LogP contribution in [0.3, 0.4) is 0 Å². The molecule has 2 N–H and O–H groups in total. The molecule has 1 aliphatic heterocycles. The predicted molar refractivity (Wildman–Crippen MR) is 84.5 cm³/mol. The van der Waals surface area contributed by atoms with Gasteiger partial charge in [0.15, 0.2) is 0 Å². The first-order chi connectivity index (χ1) is 8.89. The second-order valence-electron chi connectivity index (χ2n) is 7.00. The lowest BCUT2D eigenvalue weighted by Gasteiger charge is -2.42. The largest absolute Gasteiger partial charge is 0.326 e. The van der Waals surface area contributed by atoms with Crippen molar-refractivity contribution in [3.63, 3.8) is 0 Å². The van der Waals surface area contributed by atoms with Crippen LogP contribution in [0.25, 0.3) is 0 Å². The van der Waals surface area contributed by atoms with Gasteiger partial charge in [-0.3, -0.25) is 4.90 Å². The molecule has 1 saturated heterocycles. The van der Waals surface area contributed by atoms with E-state index >= 15 is 0 Å². The molecule has 0 amide bonds. The molecule has 2 atom stereocenters. The van der Waals surface area contributed by atoms with Crippen molar-refractivity contribution in [2.75, 3.05) is 13.1 Å². The summed E-state index contributed by atoms with van der Waals surface area (Å²) < 4.78 is 0. The van der Waals surface area contributed by atoms with Crippen molar-refractivity contribution in [2.45, 2.75) is 52.6 Å². The smallest absolute Gasteiger partial charge is 0.0590 e. The molecule has 0 bridgehead atoms. The number of hydrogen-bond acceptors (Lipinski definition) is 3. The number of thiophene rings is 1. The molecule has 0 spiro atoms. The molecule has 1 aromatic heterocycles. The molecule has 0 radical (unpaired) electrons. The van der Waals surface area contributed by atoms with E-state index in [1.165, 1.54) is 30.8 Å². The van der Waals surface area contributed by atoms with Crippen LogP contribution in [0.2, 0.25) is 0 Å². The zero-order chi connectivity index (χ0) is 14.0. The van der Waals surface area contributed by atoms with Gasteiger partial charge in [0.1, 0.15) is 0 Å². The molecule has 1 aliphatic rings. The van der Waals surface area contributed by atoms with Crippen LogP contribution in [0.1, 0.15) is 51.5 Å². The topological polar surface area (TPSA) is 29.3 Å². The summed E-state index contributed by atoms with van der Waals surface area (Å²) in [4.78, 5) is 4.02. The minimum Gasteiger partial charge on any atom is -0.326 e. The van der Waals surface area contributed by atoms with Crippen LogP contribution >= 0.6 is 11.3 Å². The van der Waals surface area contributed by atoms with E-state index in [-0.39, 0.29) is 6.04 Å². The van der Waals surface area contributed by atoms with Crippen molar-refractivity contribution in [3.8, 4) is 0 Å². The minimum atomic E-state index is 0.199. The fourth-order valence-corrected chi connectivity index (χ4v) is 4.25. The molecular weight excluding hydrogens is 252 g/mol. The van der Waals surface area contributed by atoms with E-state index in [0.29, 0.717) is 11.5 Å². The summed E-state index contributed by atoms with van der Waals surface area (Å²) in [6.07, 6.45) is 2.61. The van der Waals surface area contributed by atoms with Gasteiger partial charge < -0.3 is 5.73 Å². The molecule has 1 aromatic rings. The van der Waals surface area contributed by atoms with E-state index in [4.69, 9.17) is 5.73 Å². The van der Waals surface area contributed by atoms with Crippen LogP contribution in [0.5, 0.6) is 0 Å². The molecular formula is C16H28N2S. The Balaban J connectivity index is 2.03. The summed E-state index contributed by atoms with van der Waals surface area (Å²) in [7, 11) is 0. The third-order valence-electron chi connectivity index (χ3n) is 4.48. The van der Waals surface area contributed by atoms with Gasteiger partial charge in [0.2, 0.25) is 0 Å². The van der Waals surface area contributed by atoms with Crippen LogP contribution in [0.15, 0.2) is 17.5 Å². The summed E-state index contributed by atoms with van der Waals surface area (Å²) in [5.74, 6) is 0.848. The normalized spacial score (nSPS) is 22.4. The number of likely N-dealkylation sites (tertiary alicyclic amines) is 1. The van der Waals surface area contributed by atoms with Crippen LogP contribution in [-0.2, 0) is 0 Å². The van der Waals surface area contributed by atoms with Crippen molar-refractivity contribution in [1.29, 1.82) is 0 Å². The molecule has 0 aromatic carbocycles. The lowest BCUT2D eigenvalue weighted by atomic mass is 9.75. The second-order valence-corrected chi connectivity index (χ2v) is 7.97. The summed E-state index contributed by atoms with van der Waals surface area (Å²) in [6, 6.07) is 4.97. The summed E-state index contributed by atoms with van der Waals surface area (Å²) in [6.45, 7) is 11.6. The van der Waals surface area contributed by atoms with Gasteiger partial charge in [0.05, 0.1) is 6.04 Å². The van der Waals surface area contributed by atoms with E-state index in [9.17, 15) is 0 Å². The van der Waals surface area contributed by atoms with Crippen molar-refractivity contribution in [2.24, 2.45) is 17.1 Å². The van der Waals surface area contributed by atoms with Gasteiger partial charge in [0, 0.05) is 10.9 Å². The molecule has 0 aliphatic carbocycles. The Morgan fingerprint density at radius 1 is 1.32 bits per heavy atom. The van der Waals surface area contributed by atoms with Crippen LogP contribution in [0.4, 0.5) is 0 Å². The highest BCUT2D eigenvalue weighted by atomic mass is 32.1. The first-order valence-corrected chi connectivity index (χ1v) is 8.30. The SMILES string of the molecule is CC(N)C(c1cccs1)N1CCC(C(C)(C)C)CC1. The molecule has 0 saturated carbocycles. The highest BCUT2D eigenvalue weighted by Gasteiger charge is 2.33. The number of piperidine rings is 1. The molecule has 3 heteroatoms. The van der Waals surface area contributed by atoms with Gasteiger partial charge >= 0.3 is 0 Å². The molecule has 108 valence electrons. The fraction of sp³-hybridized carbons (Fsp3) is 0.750. The first kappa shape index (κ1) is 15.0. The number of nitrogens with two attached hydrogens (primary N) is 1. The Labute approximate surface area is 122 Å². The molecule has 2 rings (SSSR count). The van der Waals surface area contributed by atoms with E-state index in [1.54, 1.807) is 0 Å². The molecule has 2 heterocycles. The van der Waals surface area contributed by atoms with Gasteiger partial charge in [-0.15, -0.1) is 11.3 Å². The van der Waals surface area contributed by atoms with Gasteiger partial charge in [-0.2, -0.15) is 0 Å². The molecule has 1 fully saturated rings. The summed E-state index contributed by atoms with van der Waals surface area (Å²) in [5.41, 5.74) is 6.69. The second kappa shape index (κ2) is 5.94. The number of nitrogens with zero attached hydrogens (tertiary/aromatic N) is 1. The third-order valence-corrected chi connectivity index (χ3v) is 5.42. The van der Waals surface area contributed by atoms with Gasteiger partial charge in [-0.1, -0.05) is 26.8 Å². The van der Waals surface area contributed by atoms with Gasteiger partial charge in [-0.05, 0) is 55.6 Å². The quantitative estimate of drug-likeness (QED) is 0.910. The Hall–Kier alpha value is -0.380. The third kappa shape index (κ3) is 3.59. The lowest BCUT2D eigenvalue weighted by molar-refractivity contribution is 0.0761. The predicted octanol–water partition coefficient (Wildman–Crippen LogP) is 3.89. The molecule has 2 nitrogen and oxygen atoms in total. The standard InChI is InChI=1S/C16H28N2S/c1-12(17)15(14-6-5-11-19-14)18-9-7-13(8-10-18)16(2,3)4/h5-6,11-13,15H,7-10,17H2,1-4H3. The highest BCUT2D eigenvalue weighted by molar-refractivity contribution is 7.10. The van der Waals surface area contributed by atoms with Crippen molar-refractivity contribution in [3.05, 3.63) is 22.4 Å².